The predicted molar refractivity (Wildman–Crippen MR) is 81.1 cm³/mol. The monoisotopic (exact) mass is 392 g/mol. The molecule has 3 nitrogen and oxygen atoms in total. The molecule has 3 rings (SSSR count). The second kappa shape index (κ2) is 6.31. The van der Waals surface area contributed by atoms with Gasteiger partial charge in [-0.05, 0) is 36.4 Å². The highest BCUT2D eigenvalue weighted by Crippen LogP contribution is 2.38. The molecule has 0 saturated heterocycles. The molecule has 3 aromatic rings. The normalized spacial score (nSPS) is 12.4. The average molecular weight is 393 g/mol. The minimum atomic E-state index is -5.05. The van der Waals surface area contributed by atoms with Crippen molar-refractivity contribution in [3.8, 4) is 11.6 Å². The summed E-state index contributed by atoms with van der Waals surface area (Å²) in [6.07, 6.45) is -10.1. The van der Waals surface area contributed by atoms with Crippen LogP contribution in [0.4, 0.5) is 26.3 Å². The van der Waals surface area contributed by atoms with E-state index in [1.54, 1.807) is 0 Å². The van der Waals surface area contributed by atoms with Crippen molar-refractivity contribution in [3.63, 3.8) is 0 Å². The first-order valence-electron chi connectivity index (χ1n) is 6.93. The maximum Gasteiger partial charge on any atom is 0.433 e. The van der Waals surface area contributed by atoms with Crippen LogP contribution in [0.2, 0.25) is 5.02 Å². The van der Waals surface area contributed by atoms with Gasteiger partial charge in [0.05, 0.1) is 5.56 Å². The molecule has 0 bridgehead atoms. The number of hydrogen-bond donors (Lipinski definition) is 0. The smallest absolute Gasteiger partial charge is 0.433 e. The van der Waals surface area contributed by atoms with E-state index in [0.29, 0.717) is 5.02 Å². The Morgan fingerprint density at radius 2 is 1.46 bits per heavy atom. The lowest BCUT2D eigenvalue weighted by molar-refractivity contribution is -0.144. The number of benzene rings is 1. The molecule has 10 heteroatoms. The van der Waals surface area contributed by atoms with Crippen LogP contribution in [0.15, 0.2) is 42.5 Å². The van der Waals surface area contributed by atoms with E-state index in [4.69, 9.17) is 16.3 Å². The van der Waals surface area contributed by atoms with Crippen molar-refractivity contribution in [2.24, 2.45) is 0 Å². The third-order valence-electron chi connectivity index (χ3n) is 3.28. The van der Waals surface area contributed by atoms with Crippen molar-refractivity contribution < 1.29 is 31.1 Å². The van der Waals surface area contributed by atoms with Gasteiger partial charge in [0.25, 0.3) is 0 Å². The van der Waals surface area contributed by atoms with Gasteiger partial charge in [0, 0.05) is 16.5 Å². The van der Waals surface area contributed by atoms with Gasteiger partial charge >= 0.3 is 12.4 Å². The molecule has 0 spiro atoms. The minimum Gasteiger partial charge on any atom is -0.439 e. The van der Waals surface area contributed by atoms with Crippen LogP contribution in [-0.4, -0.2) is 9.97 Å². The Bertz CT molecular complexity index is 954. The van der Waals surface area contributed by atoms with Crippen molar-refractivity contribution >= 4 is 22.6 Å². The van der Waals surface area contributed by atoms with Gasteiger partial charge in [-0.1, -0.05) is 11.6 Å². The van der Waals surface area contributed by atoms with Gasteiger partial charge in [-0.3, -0.25) is 0 Å². The molecule has 0 atom stereocenters. The number of nitrogens with zero attached hydrogens (tertiary/aromatic N) is 2. The zero-order valence-corrected chi connectivity index (χ0v) is 13.2. The number of halogens is 7. The number of ether oxygens (including phenoxy) is 1. The SMILES string of the molecule is FC(F)(F)c1cc(C(F)(F)F)c2ccc(Oc3ccc(Cl)cc3)nc2n1. The minimum absolute atomic E-state index is 0.0380. The van der Waals surface area contributed by atoms with Crippen LogP contribution in [0.3, 0.4) is 0 Å². The zero-order valence-electron chi connectivity index (χ0n) is 12.5. The maximum absolute atomic E-state index is 13.1. The van der Waals surface area contributed by atoms with Crippen LogP contribution in [-0.2, 0) is 12.4 Å². The number of rotatable bonds is 2. The Hall–Kier alpha value is -2.55. The molecule has 0 amide bonds. The lowest BCUT2D eigenvalue weighted by Gasteiger charge is -2.14. The summed E-state index contributed by atoms with van der Waals surface area (Å²) < 4.78 is 83.2. The van der Waals surface area contributed by atoms with E-state index >= 15 is 0 Å². The Morgan fingerprint density at radius 3 is 2.04 bits per heavy atom. The van der Waals surface area contributed by atoms with E-state index < -0.39 is 34.6 Å². The summed E-state index contributed by atoms with van der Waals surface area (Å²) in [5.41, 5.74) is -3.88. The second-order valence-electron chi connectivity index (χ2n) is 5.13. The molecule has 136 valence electrons. The number of aromatic nitrogens is 2. The molecular formula is C16H7ClF6N2O. The van der Waals surface area contributed by atoms with E-state index in [9.17, 15) is 26.3 Å². The molecule has 0 radical (unpaired) electrons. The Morgan fingerprint density at radius 1 is 0.808 bits per heavy atom. The van der Waals surface area contributed by atoms with Crippen LogP contribution in [0.5, 0.6) is 11.6 Å². The molecule has 2 heterocycles. The molecule has 1 aromatic carbocycles. The molecule has 0 unspecified atom stereocenters. The van der Waals surface area contributed by atoms with Gasteiger partial charge in [0.15, 0.2) is 5.65 Å². The van der Waals surface area contributed by atoms with Crippen molar-refractivity contribution in [3.05, 3.63) is 58.7 Å². The molecule has 0 saturated carbocycles. The van der Waals surface area contributed by atoms with Gasteiger partial charge < -0.3 is 4.74 Å². The van der Waals surface area contributed by atoms with Crippen LogP contribution in [0, 0.1) is 0 Å². The Labute approximate surface area is 147 Å². The average Bonchev–Trinajstić information content (AvgIpc) is 2.54. The summed E-state index contributed by atoms with van der Waals surface area (Å²) in [5.74, 6) is 0.0454. The summed E-state index contributed by atoms with van der Waals surface area (Å²) in [6, 6.07) is 7.97. The number of pyridine rings is 2. The quantitative estimate of drug-likeness (QED) is 0.493. The fraction of sp³-hybridized carbons (Fsp3) is 0.125. The lowest BCUT2D eigenvalue weighted by Crippen LogP contribution is -2.14. The summed E-state index contributed by atoms with van der Waals surface area (Å²) in [7, 11) is 0. The van der Waals surface area contributed by atoms with Crippen LogP contribution in [0.1, 0.15) is 11.3 Å². The van der Waals surface area contributed by atoms with Gasteiger partial charge in [0.2, 0.25) is 5.88 Å². The van der Waals surface area contributed by atoms with Crippen LogP contribution in [0.25, 0.3) is 11.0 Å². The van der Waals surface area contributed by atoms with E-state index in [0.717, 1.165) is 12.1 Å². The molecule has 0 N–H and O–H groups in total. The van der Waals surface area contributed by atoms with E-state index in [2.05, 4.69) is 9.97 Å². The molecule has 26 heavy (non-hydrogen) atoms. The summed E-state index contributed by atoms with van der Waals surface area (Å²) in [6.45, 7) is 0. The van der Waals surface area contributed by atoms with Crippen molar-refractivity contribution in [1.29, 1.82) is 0 Å². The molecule has 0 aliphatic heterocycles. The third kappa shape index (κ3) is 3.82. The van der Waals surface area contributed by atoms with E-state index in [1.807, 2.05) is 0 Å². The zero-order chi connectivity index (χ0) is 19.1. The standard InChI is InChI=1S/C16H7ClF6N2O/c17-8-1-3-9(4-2-8)26-13-6-5-10-11(15(18,19)20)7-12(16(21,22)23)24-14(10)25-13/h1-7H. The van der Waals surface area contributed by atoms with Gasteiger partial charge in [-0.15, -0.1) is 0 Å². The lowest BCUT2D eigenvalue weighted by atomic mass is 10.1. The first kappa shape index (κ1) is 18.2. The van der Waals surface area contributed by atoms with Crippen LogP contribution < -0.4 is 4.74 Å². The molecule has 2 aromatic heterocycles. The Balaban J connectivity index is 2.11. The number of alkyl halides is 6. The molecule has 0 aliphatic rings. The fourth-order valence-electron chi connectivity index (χ4n) is 2.15. The van der Waals surface area contributed by atoms with Gasteiger partial charge in [0.1, 0.15) is 11.4 Å². The number of fused-ring (bicyclic) bond motifs is 1. The molecule has 0 aliphatic carbocycles. The van der Waals surface area contributed by atoms with Crippen molar-refractivity contribution in [1.82, 2.24) is 9.97 Å². The highest BCUT2D eigenvalue weighted by atomic mass is 35.5. The van der Waals surface area contributed by atoms with E-state index in [1.165, 1.54) is 24.3 Å². The highest BCUT2D eigenvalue weighted by Gasteiger charge is 2.39. The van der Waals surface area contributed by atoms with Crippen molar-refractivity contribution in [2.75, 3.05) is 0 Å². The largest absolute Gasteiger partial charge is 0.439 e. The summed E-state index contributed by atoms with van der Waals surface area (Å²) >= 11 is 5.72. The van der Waals surface area contributed by atoms with Gasteiger partial charge in [-0.25, -0.2) is 4.98 Å². The Kier molecular flexibility index (Phi) is 4.43. The topological polar surface area (TPSA) is 35.0 Å². The van der Waals surface area contributed by atoms with Crippen LogP contribution >= 0.6 is 11.6 Å². The summed E-state index contributed by atoms with van der Waals surface area (Å²) in [4.78, 5) is 6.87. The highest BCUT2D eigenvalue weighted by molar-refractivity contribution is 6.30. The van der Waals surface area contributed by atoms with Crippen molar-refractivity contribution in [2.45, 2.75) is 12.4 Å². The summed E-state index contributed by atoms with van der Waals surface area (Å²) in [5, 5.41) is -0.135. The first-order chi connectivity index (χ1) is 12.0. The first-order valence-corrected chi connectivity index (χ1v) is 7.31. The molecule has 0 fully saturated rings. The second-order valence-corrected chi connectivity index (χ2v) is 5.56. The fourth-order valence-corrected chi connectivity index (χ4v) is 2.27. The third-order valence-corrected chi connectivity index (χ3v) is 3.53. The molecular weight excluding hydrogens is 386 g/mol. The predicted octanol–water partition coefficient (Wildman–Crippen LogP) is 6.11. The van der Waals surface area contributed by atoms with E-state index in [-0.39, 0.29) is 17.7 Å². The number of hydrogen-bond acceptors (Lipinski definition) is 3. The van der Waals surface area contributed by atoms with Gasteiger partial charge in [-0.2, -0.15) is 31.3 Å². The maximum atomic E-state index is 13.1.